The second kappa shape index (κ2) is 7.70. The zero-order chi connectivity index (χ0) is 21.5. The van der Waals surface area contributed by atoms with Crippen molar-refractivity contribution in [2.75, 3.05) is 6.54 Å². The van der Waals surface area contributed by atoms with Gasteiger partial charge >= 0.3 is 6.03 Å². The number of carbonyl (C=O) groups is 1. The molecule has 1 aliphatic carbocycles. The van der Waals surface area contributed by atoms with Crippen molar-refractivity contribution in [3.8, 4) is 11.3 Å². The number of nitrogens with zero attached hydrogens (tertiary/aromatic N) is 4. The Hall–Kier alpha value is -3.39. The number of aromatic nitrogens is 4. The quantitative estimate of drug-likeness (QED) is 0.611. The molecule has 158 valence electrons. The van der Waals surface area contributed by atoms with Crippen LogP contribution in [-0.2, 0) is 7.05 Å². The molecule has 0 radical (unpaired) electrons. The van der Waals surface area contributed by atoms with Crippen LogP contribution in [-0.4, -0.2) is 37.3 Å². The van der Waals surface area contributed by atoms with Gasteiger partial charge in [-0.1, -0.05) is 24.3 Å². The Kier molecular flexibility index (Phi) is 4.86. The van der Waals surface area contributed by atoms with Crippen molar-refractivity contribution in [3.05, 3.63) is 84.0 Å². The number of hydrogen-bond acceptors (Lipinski definition) is 3. The molecule has 1 aliphatic heterocycles. The zero-order valence-electron chi connectivity index (χ0n) is 16.7. The van der Waals surface area contributed by atoms with E-state index in [1.165, 1.54) is 12.2 Å². The van der Waals surface area contributed by atoms with Crippen LogP contribution in [0.3, 0.4) is 0 Å². The molecular formula is C22H20ClFN6O. The number of hydrogen-bond donors (Lipinski definition) is 2. The highest BCUT2D eigenvalue weighted by Gasteiger charge is 2.29. The standard InChI is InChI=1S/C22H20ClFN6O/c1-29-11-13(8-27-29)16-6-18(24)19(7-17(16)23)28-22(31)26-10-21-15-5-3-2-4-14(15)20-9-25-12-30(20)21/h2-9,11-12,16-17,21H,10H2,1H3,(H2,26,28,31)/t16?,17?,21-/m0/s1. The van der Waals surface area contributed by atoms with Crippen LogP contribution >= 0.6 is 11.6 Å². The Labute approximate surface area is 183 Å². The Balaban J connectivity index is 1.25. The number of alkyl halides is 1. The summed E-state index contributed by atoms with van der Waals surface area (Å²) in [5, 5.41) is 9.02. The van der Waals surface area contributed by atoms with Gasteiger partial charge in [-0.15, -0.1) is 11.6 Å². The van der Waals surface area contributed by atoms with Crippen LogP contribution in [0.2, 0.25) is 0 Å². The predicted octanol–water partition coefficient (Wildman–Crippen LogP) is 3.63. The summed E-state index contributed by atoms with van der Waals surface area (Å²) >= 11 is 6.44. The van der Waals surface area contributed by atoms with E-state index in [0.29, 0.717) is 6.54 Å². The molecule has 1 aromatic carbocycles. The highest BCUT2D eigenvalue weighted by molar-refractivity contribution is 6.22. The number of amides is 2. The first kappa shape index (κ1) is 19.6. The number of halogens is 2. The van der Waals surface area contributed by atoms with Crippen molar-refractivity contribution in [2.45, 2.75) is 17.3 Å². The maximum atomic E-state index is 14.7. The average molecular weight is 439 g/mol. The average Bonchev–Trinajstić information content (AvgIpc) is 3.45. The lowest BCUT2D eigenvalue weighted by atomic mass is 9.93. The van der Waals surface area contributed by atoms with Gasteiger partial charge in [-0.3, -0.25) is 4.68 Å². The summed E-state index contributed by atoms with van der Waals surface area (Å²) in [5.41, 5.74) is 4.10. The van der Waals surface area contributed by atoms with E-state index in [1.807, 2.05) is 35.0 Å². The molecular weight excluding hydrogens is 419 g/mol. The predicted molar refractivity (Wildman–Crippen MR) is 115 cm³/mol. The van der Waals surface area contributed by atoms with Crippen molar-refractivity contribution in [2.24, 2.45) is 7.05 Å². The third kappa shape index (κ3) is 3.53. The third-order valence-electron chi connectivity index (χ3n) is 5.66. The fourth-order valence-corrected chi connectivity index (χ4v) is 4.52. The van der Waals surface area contributed by atoms with Crippen molar-refractivity contribution in [1.82, 2.24) is 30.0 Å². The summed E-state index contributed by atoms with van der Waals surface area (Å²) in [4.78, 5) is 16.7. The zero-order valence-corrected chi connectivity index (χ0v) is 17.4. The van der Waals surface area contributed by atoms with E-state index < -0.39 is 17.2 Å². The van der Waals surface area contributed by atoms with Gasteiger partial charge in [-0.25, -0.2) is 14.2 Å². The summed E-state index contributed by atoms with van der Waals surface area (Å²) in [6.07, 6.45) is 9.95. The molecule has 9 heteroatoms. The monoisotopic (exact) mass is 438 g/mol. The second-order valence-electron chi connectivity index (χ2n) is 7.64. The minimum absolute atomic E-state index is 0.0628. The summed E-state index contributed by atoms with van der Waals surface area (Å²) in [5.74, 6) is -0.873. The maximum absolute atomic E-state index is 14.7. The second-order valence-corrected chi connectivity index (χ2v) is 8.14. The van der Waals surface area contributed by atoms with E-state index in [4.69, 9.17) is 11.6 Å². The van der Waals surface area contributed by atoms with Crippen molar-refractivity contribution in [3.63, 3.8) is 0 Å². The molecule has 3 aromatic rings. The molecule has 7 nitrogen and oxygen atoms in total. The number of rotatable bonds is 4. The lowest BCUT2D eigenvalue weighted by molar-refractivity contribution is 0.242. The molecule has 0 saturated heterocycles. The molecule has 0 fully saturated rings. The van der Waals surface area contributed by atoms with Crippen LogP contribution in [0, 0.1) is 0 Å². The van der Waals surface area contributed by atoms with Gasteiger partial charge in [0.05, 0.1) is 41.5 Å². The Bertz CT molecular complexity index is 1210. The van der Waals surface area contributed by atoms with Crippen LogP contribution in [0.25, 0.3) is 11.3 Å². The molecule has 2 unspecified atom stereocenters. The summed E-state index contributed by atoms with van der Waals surface area (Å²) in [6, 6.07) is 7.45. The van der Waals surface area contributed by atoms with Crippen LogP contribution < -0.4 is 10.6 Å². The van der Waals surface area contributed by atoms with E-state index >= 15 is 0 Å². The topological polar surface area (TPSA) is 76.8 Å². The van der Waals surface area contributed by atoms with E-state index in [0.717, 1.165) is 22.4 Å². The SMILES string of the molecule is Cn1cc(C2C=C(F)C(NC(=O)NC[C@H]3c4ccccc4-c4cncn43)=CC2Cl)cn1. The molecule has 5 rings (SSSR count). The first-order valence-electron chi connectivity index (χ1n) is 9.89. The van der Waals surface area contributed by atoms with Gasteiger partial charge in [0.1, 0.15) is 5.83 Å². The summed E-state index contributed by atoms with van der Waals surface area (Å²) in [6.45, 7) is 0.341. The fraction of sp³-hybridized carbons (Fsp3) is 0.227. The molecule has 2 amide bonds. The Morgan fingerprint density at radius 2 is 2.10 bits per heavy atom. The molecule has 2 aliphatic rings. The van der Waals surface area contributed by atoms with Crippen LogP contribution in [0.1, 0.15) is 23.1 Å². The number of nitrogens with one attached hydrogen (secondary N) is 2. The van der Waals surface area contributed by atoms with Crippen LogP contribution in [0.5, 0.6) is 0 Å². The molecule has 0 saturated carbocycles. The van der Waals surface area contributed by atoms with Gasteiger partial charge in [0.25, 0.3) is 0 Å². The molecule has 31 heavy (non-hydrogen) atoms. The molecule has 3 heterocycles. The minimum atomic E-state index is -0.524. The molecule has 0 spiro atoms. The van der Waals surface area contributed by atoms with Crippen molar-refractivity contribution < 1.29 is 9.18 Å². The summed E-state index contributed by atoms with van der Waals surface area (Å²) < 4.78 is 18.3. The number of aryl methyl sites for hydroxylation is 1. The Morgan fingerprint density at radius 1 is 1.26 bits per heavy atom. The summed E-state index contributed by atoms with van der Waals surface area (Å²) in [7, 11) is 1.79. The molecule has 3 atom stereocenters. The molecule has 0 bridgehead atoms. The van der Waals surface area contributed by atoms with Crippen molar-refractivity contribution >= 4 is 17.6 Å². The highest BCUT2D eigenvalue weighted by Crippen LogP contribution is 2.38. The lowest BCUT2D eigenvalue weighted by Crippen LogP contribution is -2.39. The Morgan fingerprint density at radius 3 is 2.90 bits per heavy atom. The number of imidazole rings is 1. The van der Waals surface area contributed by atoms with Gasteiger partial charge in [0.2, 0.25) is 0 Å². The van der Waals surface area contributed by atoms with Gasteiger partial charge in [0.15, 0.2) is 0 Å². The first-order valence-corrected chi connectivity index (χ1v) is 10.3. The highest BCUT2D eigenvalue weighted by atomic mass is 35.5. The van der Waals surface area contributed by atoms with E-state index in [9.17, 15) is 9.18 Å². The molecule has 2 aromatic heterocycles. The van der Waals surface area contributed by atoms with E-state index in [2.05, 4.69) is 20.7 Å². The third-order valence-corrected chi connectivity index (χ3v) is 6.06. The normalized spacial score (nSPS) is 21.7. The maximum Gasteiger partial charge on any atom is 0.319 e. The smallest absolute Gasteiger partial charge is 0.319 e. The van der Waals surface area contributed by atoms with E-state index in [-0.39, 0.29) is 17.7 Å². The van der Waals surface area contributed by atoms with Gasteiger partial charge in [0, 0.05) is 31.3 Å². The largest absolute Gasteiger partial charge is 0.335 e. The number of urea groups is 1. The van der Waals surface area contributed by atoms with Crippen molar-refractivity contribution in [1.29, 1.82) is 0 Å². The van der Waals surface area contributed by atoms with Crippen LogP contribution in [0.15, 0.2) is 72.9 Å². The minimum Gasteiger partial charge on any atom is -0.335 e. The lowest BCUT2D eigenvalue weighted by Gasteiger charge is -2.22. The number of carbonyl (C=O) groups excluding carboxylic acids is 1. The van der Waals surface area contributed by atoms with Gasteiger partial charge in [-0.05, 0) is 23.3 Å². The fourth-order valence-electron chi connectivity index (χ4n) is 4.17. The number of allylic oxidation sites excluding steroid dienone is 3. The van der Waals surface area contributed by atoms with E-state index in [1.54, 1.807) is 30.5 Å². The van der Waals surface area contributed by atoms with Gasteiger partial charge in [-0.2, -0.15) is 5.10 Å². The number of fused-ring (bicyclic) bond motifs is 3. The number of benzene rings is 1. The first-order chi connectivity index (χ1) is 15.0. The molecule has 2 N–H and O–H groups in total. The van der Waals surface area contributed by atoms with Crippen LogP contribution in [0.4, 0.5) is 9.18 Å². The van der Waals surface area contributed by atoms with Gasteiger partial charge < -0.3 is 15.2 Å².